The summed E-state index contributed by atoms with van der Waals surface area (Å²) in [5.41, 5.74) is 6.67. The van der Waals surface area contributed by atoms with Gasteiger partial charge in [-0.1, -0.05) is 39.0 Å². The van der Waals surface area contributed by atoms with Gasteiger partial charge < -0.3 is 5.73 Å². The minimum atomic E-state index is 0.603. The molecule has 0 atom stereocenters. The van der Waals surface area contributed by atoms with Crippen molar-refractivity contribution in [2.75, 3.05) is 5.73 Å². The van der Waals surface area contributed by atoms with E-state index in [4.69, 9.17) is 5.73 Å². The van der Waals surface area contributed by atoms with Crippen molar-refractivity contribution in [1.82, 2.24) is 10.2 Å². The van der Waals surface area contributed by atoms with Crippen LogP contribution in [0, 0.1) is 0 Å². The molecule has 0 saturated heterocycles. The van der Waals surface area contributed by atoms with Crippen LogP contribution in [-0.2, 0) is 6.42 Å². The first-order valence-corrected chi connectivity index (χ1v) is 5.62. The number of aryl methyl sites for hydroxylation is 1. The van der Waals surface area contributed by atoms with Gasteiger partial charge in [0.2, 0.25) is 0 Å². The van der Waals surface area contributed by atoms with Crippen LogP contribution in [0.25, 0.3) is 0 Å². The fourth-order valence-electron chi connectivity index (χ4n) is 1.60. The van der Waals surface area contributed by atoms with Crippen LogP contribution >= 0.6 is 0 Å². The van der Waals surface area contributed by atoms with Gasteiger partial charge in [-0.3, -0.25) is 5.10 Å². The van der Waals surface area contributed by atoms with Crippen molar-refractivity contribution >= 4 is 5.82 Å². The molecule has 1 rings (SSSR count). The van der Waals surface area contributed by atoms with E-state index in [-0.39, 0.29) is 0 Å². The van der Waals surface area contributed by atoms with Crippen LogP contribution in [0.2, 0.25) is 0 Å². The molecule has 0 saturated carbocycles. The van der Waals surface area contributed by atoms with Gasteiger partial charge in [-0.05, 0) is 12.8 Å². The van der Waals surface area contributed by atoms with Crippen molar-refractivity contribution in [2.45, 2.75) is 51.9 Å². The fourth-order valence-corrected chi connectivity index (χ4v) is 1.60. The smallest absolute Gasteiger partial charge is 0.145 e. The summed E-state index contributed by atoms with van der Waals surface area (Å²) in [6, 6.07) is 1.92. The molecule has 0 radical (unpaired) electrons. The summed E-state index contributed by atoms with van der Waals surface area (Å²) in [6.45, 7) is 2.24. The molecule has 3 heteroatoms. The third-order valence-corrected chi connectivity index (χ3v) is 2.45. The summed E-state index contributed by atoms with van der Waals surface area (Å²) in [5.74, 6) is 0.603. The number of nitrogens with zero attached hydrogens (tertiary/aromatic N) is 1. The number of anilines is 1. The molecule has 3 N–H and O–H groups in total. The number of hydrogen-bond acceptors (Lipinski definition) is 2. The molecule has 80 valence electrons. The van der Waals surface area contributed by atoms with Gasteiger partial charge >= 0.3 is 0 Å². The van der Waals surface area contributed by atoms with Crippen molar-refractivity contribution in [3.05, 3.63) is 11.8 Å². The molecule has 1 heterocycles. The molecule has 0 aliphatic rings. The molecule has 3 nitrogen and oxygen atoms in total. The van der Waals surface area contributed by atoms with Gasteiger partial charge in [-0.15, -0.1) is 0 Å². The maximum Gasteiger partial charge on any atom is 0.145 e. The predicted molar refractivity (Wildman–Crippen MR) is 60.1 cm³/mol. The molecule has 0 spiro atoms. The van der Waals surface area contributed by atoms with Crippen LogP contribution in [0.3, 0.4) is 0 Å². The molecule has 0 amide bonds. The molecule has 0 fully saturated rings. The summed E-state index contributed by atoms with van der Waals surface area (Å²) in [7, 11) is 0. The number of H-pyrrole nitrogens is 1. The SMILES string of the molecule is CCCCCCCCc1cc(N)n[nH]1. The van der Waals surface area contributed by atoms with E-state index in [1.807, 2.05) is 6.07 Å². The Kier molecular flexibility index (Phi) is 5.12. The van der Waals surface area contributed by atoms with Crippen LogP contribution in [0.5, 0.6) is 0 Å². The summed E-state index contributed by atoms with van der Waals surface area (Å²) in [6.07, 6.45) is 9.06. The van der Waals surface area contributed by atoms with Gasteiger partial charge in [0.25, 0.3) is 0 Å². The van der Waals surface area contributed by atoms with Crippen LogP contribution in [0.1, 0.15) is 51.1 Å². The standard InChI is InChI=1S/C11H21N3/c1-2-3-4-5-6-7-8-10-9-11(12)14-13-10/h9H,2-8H2,1H3,(H3,12,13,14). The molecule has 1 aromatic heterocycles. The summed E-state index contributed by atoms with van der Waals surface area (Å²) >= 11 is 0. The highest BCUT2D eigenvalue weighted by Crippen LogP contribution is 2.09. The van der Waals surface area contributed by atoms with E-state index >= 15 is 0 Å². The van der Waals surface area contributed by atoms with Crippen molar-refractivity contribution in [1.29, 1.82) is 0 Å². The predicted octanol–water partition coefficient (Wildman–Crippen LogP) is 2.89. The Morgan fingerprint density at radius 3 is 2.57 bits per heavy atom. The zero-order chi connectivity index (χ0) is 10.2. The molecule has 0 aliphatic carbocycles. The second-order valence-electron chi connectivity index (χ2n) is 3.84. The Morgan fingerprint density at radius 2 is 1.93 bits per heavy atom. The van der Waals surface area contributed by atoms with Gasteiger partial charge in [0.05, 0.1) is 0 Å². The van der Waals surface area contributed by atoms with Crippen LogP contribution in [0.4, 0.5) is 5.82 Å². The Labute approximate surface area is 86.1 Å². The molecule has 0 unspecified atom stereocenters. The Balaban J connectivity index is 1.99. The topological polar surface area (TPSA) is 54.7 Å². The van der Waals surface area contributed by atoms with E-state index in [0.29, 0.717) is 5.82 Å². The molecule has 0 aliphatic heterocycles. The monoisotopic (exact) mass is 195 g/mol. The number of nitrogens with two attached hydrogens (primary N) is 1. The lowest BCUT2D eigenvalue weighted by molar-refractivity contribution is 0.604. The van der Waals surface area contributed by atoms with E-state index in [9.17, 15) is 0 Å². The number of rotatable bonds is 7. The first-order chi connectivity index (χ1) is 6.83. The maximum atomic E-state index is 5.51. The number of aromatic nitrogens is 2. The Morgan fingerprint density at radius 1 is 1.21 bits per heavy atom. The first-order valence-electron chi connectivity index (χ1n) is 5.62. The largest absolute Gasteiger partial charge is 0.382 e. The first kappa shape index (κ1) is 11.1. The van der Waals surface area contributed by atoms with Crippen LogP contribution in [0.15, 0.2) is 6.07 Å². The third kappa shape index (κ3) is 4.30. The zero-order valence-corrected chi connectivity index (χ0v) is 9.05. The normalized spacial score (nSPS) is 10.6. The number of nitrogens with one attached hydrogen (secondary N) is 1. The molecular formula is C11H21N3. The lowest BCUT2D eigenvalue weighted by Gasteiger charge is -1.98. The zero-order valence-electron chi connectivity index (χ0n) is 9.05. The number of unbranched alkanes of at least 4 members (excludes halogenated alkanes) is 5. The van der Waals surface area contributed by atoms with Gasteiger partial charge in [-0.25, -0.2) is 0 Å². The highest BCUT2D eigenvalue weighted by atomic mass is 15.1. The van der Waals surface area contributed by atoms with E-state index in [1.54, 1.807) is 0 Å². The van der Waals surface area contributed by atoms with Gasteiger partial charge in [0.15, 0.2) is 0 Å². The second-order valence-corrected chi connectivity index (χ2v) is 3.84. The summed E-state index contributed by atoms with van der Waals surface area (Å²) < 4.78 is 0. The van der Waals surface area contributed by atoms with Gasteiger partial charge in [-0.2, -0.15) is 5.10 Å². The van der Waals surface area contributed by atoms with E-state index in [2.05, 4.69) is 17.1 Å². The molecular weight excluding hydrogens is 174 g/mol. The van der Waals surface area contributed by atoms with E-state index in [0.717, 1.165) is 12.1 Å². The van der Waals surface area contributed by atoms with Gasteiger partial charge in [0.1, 0.15) is 5.82 Å². The van der Waals surface area contributed by atoms with Crippen LogP contribution < -0.4 is 5.73 Å². The number of nitrogen functional groups attached to an aromatic ring is 1. The minimum absolute atomic E-state index is 0.603. The van der Waals surface area contributed by atoms with Crippen molar-refractivity contribution in [2.24, 2.45) is 0 Å². The minimum Gasteiger partial charge on any atom is -0.382 e. The highest BCUT2D eigenvalue weighted by Gasteiger charge is 1.97. The van der Waals surface area contributed by atoms with Crippen molar-refractivity contribution in [3.63, 3.8) is 0 Å². The van der Waals surface area contributed by atoms with E-state index < -0.39 is 0 Å². The van der Waals surface area contributed by atoms with Crippen molar-refractivity contribution < 1.29 is 0 Å². The lowest BCUT2D eigenvalue weighted by Crippen LogP contribution is -1.86. The van der Waals surface area contributed by atoms with E-state index in [1.165, 1.54) is 38.5 Å². The van der Waals surface area contributed by atoms with Crippen molar-refractivity contribution in [3.8, 4) is 0 Å². The average Bonchev–Trinajstić information content (AvgIpc) is 2.58. The molecule has 1 aromatic rings. The Hall–Kier alpha value is -0.990. The fraction of sp³-hybridized carbons (Fsp3) is 0.727. The molecule has 0 aromatic carbocycles. The third-order valence-electron chi connectivity index (χ3n) is 2.45. The summed E-state index contributed by atoms with van der Waals surface area (Å²) in [4.78, 5) is 0. The molecule has 14 heavy (non-hydrogen) atoms. The number of hydrogen-bond donors (Lipinski definition) is 2. The average molecular weight is 195 g/mol. The Bertz CT molecular complexity index is 242. The molecule has 0 bridgehead atoms. The highest BCUT2D eigenvalue weighted by molar-refractivity contribution is 5.28. The number of aromatic amines is 1. The quantitative estimate of drug-likeness (QED) is 0.657. The van der Waals surface area contributed by atoms with Crippen LogP contribution in [-0.4, -0.2) is 10.2 Å². The summed E-state index contributed by atoms with van der Waals surface area (Å²) in [5, 5.41) is 6.83. The lowest BCUT2D eigenvalue weighted by atomic mass is 10.1. The van der Waals surface area contributed by atoms with Gasteiger partial charge in [0, 0.05) is 11.8 Å². The maximum absolute atomic E-state index is 5.51. The second kappa shape index (κ2) is 6.46.